The van der Waals surface area contributed by atoms with Crippen LogP contribution in [0.25, 0.3) is 10.9 Å². The molecule has 0 radical (unpaired) electrons. The zero-order chi connectivity index (χ0) is 15.1. The second-order valence-electron chi connectivity index (χ2n) is 5.78. The predicted molar refractivity (Wildman–Crippen MR) is 83.2 cm³/mol. The summed E-state index contributed by atoms with van der Waals surface area (Å²) in [5.41, 5.74) is 2.52. The minimum Gasteiger partial charge on any atom is -0.462 e. The zero-order valence-corrected chi connectivity index (χ0v) is 12.5. The third-order valence-corrected chi connectivity index (χ3v) is 4.45. The normalized spacial score (nSPS) is 23.2. The summed E-state index contributed by atoms with van der Waals surface area (Å²) in [6.45, 7) is 3.90. The van der Waals surface area contributed by atoms with Crippen molar-refractivity contribution in [1.82, 2.24) is 4.98 Å². The molecule has 0 saturated carbocycles. The number of rotatable bonds is 3. The molecule has 3 heterocycles. The first kappa shape index (κ1) is 13.5. The van der Waals surface area contributed by atoms with Gasteiger partial charge in [-0.05, 0) is 37.6 Å². The fourth-order valence-corrected chi connectivity index (χ4v) is 3.42. The van der Waals surface area contributed by atoms with Crippen LogP contribution in [0, 0.1) is 0 Å². The van der Waals surface area contributed by atoms with Crippen molar-refractivity contribution in [1.29, 1.82) is 0 Å². The lowest BCUT2D eigenvalue weighted by Gasteiger charge is -2.29. The van der Waals surface area contributed by atoms with Crippen molar-refractivity contribution >= 4 is 22.6 Å². The Hall–Kier alpha value is -2.14. The average molecular weight is 298 g/mol. The summed E-state index contributed by atoms with van der Waals surface area (Å²) in [4.78, 5) is 18.9. The number of pyridine rings is 1. The summed E-state index contributed by atoms with van der Waals surface area (Å²) >= 11 is 0. The van der Waals surface area contributed by atoms with Crippen molar-refractivity contribution in [3.63, 3.8) is 0 Å². The van der Waals surface area contributed by atoms with E-state index in [1.165, 1.54) is 0 Å². The predicted octanol–water partition coefficient (Wildman–Crippen LogP) is 2.39. The van der Waals surface area contributed by atoms with Gasteiger partial charge in [0.05, 0.1) is 36.4 Å². The summed E-state index contributed by atoms with van der Waals surface area (Å²) in [6.07, 6.45) is 3.09. The standard InChI is InChI=1S/C17H18N2O3/c1-2-21-17(20)14-5-6-18-16-4-3-11(8-15(14)16)19-9-13-7-12(19)10-22-13/h3-6,8,12-13H,2,7,9-10H2,1H3/t12-,13?/m0/s1. The number of aromatic nitrogens is 1. The molecule has 1 aromatic carbocycles. The zero-order valence-electron chi connectivity index (χ0n) is 12.5. The number of benzene rings is 1. The molecule has 4 rings (SSSR count). The summed E-state index contributed by atoms with van der Waals surface area (Å²) in [5, 5.41) is 0.849. The molecular formula is C17H18N2O3. The van der Waals surface area contributed by atoms with E-state index in [4.69, 9.17) is 9.47 Å². The topological polar surface area (TPSA) is 51.7 Å². The molecular weight excluding hydrogens is 280 g/mol. The van der Waals surface area contributed by atoms with Gasteiger partial charge in [-0.25, -0.2) is 4.79 Å². The van der Waals surface area contributed by atoms with Crippen molar-refractivity contribution in [3.8, 4) is 0 Å². The maximum Gasteiger partial charge on any atom is 0.338 e. The maximum atomic E-state index is 12.1. The first-order valence-corrected chi connectivity index (χ1v) is 7.70. The molecule has 2 fully saturated rings. The Balaban J connectivity index is 1.76. The molecule has 2 atom stereocenters. The second-order valence-corrected chi connectivity index (χ2v) is 5.78. The number of hydrogen-bond acceptors (Lipinski definition) is 5. The number of anilines is 1. The first-order chi connectivity index (χ1) is 10.8. The molecule has 2 bridgehead atoms. The Morgan fingerprint density at radius 2 is 2.36 bits per heavy atom. The Labute approximate surface area is 128 Å². The minimum absolute atomic E-state index is 0.293. The van der Waals surface area contributed by atoms with Crippen LogP contribution in [0.5, 0.6) is 0 Å². The number of carbonyl (C=O) groups is 1. The summed E-state index contributed by atoms with van der Waals surface area (Å²) in [5.74, 6) is -0.293. The van der Waals surface area contributed by atoms with Crippen LogP contribution in [-0.2, 0) is 9.47 Å². The number of esters is 1. The largest absolute Gasteiger partial charge is 0.462 e. The Morgan fingerprint density at radius 1 is 1.45 bits per heavy atom. The lowest BCUT2D eigenvalue weighted by Crippen LogP contribution is -2.36. The molecule has 2 aliphatic heterocycles. The van der Waals surface area contributed by atoms with E-state index in [0.29, 0.717) is 24.3 Å². The summed E-state index contributed by atoms with van der Waals surface area (Å²) in [6, 6.07) is 8.27. The van der Waals surface area contributed by atoms with E-state index in [0.717, 1.165) is 36.2 Å². The van der Waals surface area contributed by atoms with Crippen LogP contribution in [0.15, 0.2) is 30.5 Å². The molecule has 114 valence electrons. The van der Waals surface area contributed by atoms with Gasteiger partial charge in [-0.15, -0.1) is 0 Å². The van der Waals surface area contributed by atoms with Crippen LogP contribution < -0.4 is 4.90 Å². The van der Waals surface area contributed by atoms with Crippen molar-refractivity contribution in [2.24, 2.45) is 0 Å². The number of hydrogen-bond donors (Lipinski definition) is 0. The van der Waals surface area contributed by atoms with E-state index in [-0.39, 0.29) is 5.97 Å². The molecule has 0 spiro atoms. The van der Waals surface area contributed by atoms with Gasteiger partial charge in [-0.1, -0.05) is 0 Å². The summed E-state index contributed by atoms with van der Waals surface area (Å²) in [7, 11) is 0. The number of ether oxygens (including phenoxy) is 2. The monoisotopic (exact) mass is 298 g/mol. The van der Waals surface area contributed by atoms with E-state index in [1.807, 2.05) is 13.0 Å². The smallest absolute Gasteiger partial charge is 0.338 e. The third kappa shape index (κ3) is 2.13. The van der Waals surface area contributed by atoms with E-state index >= 15 is 0 Å². The molecule has 2 aliphatic rings. The molecule has 5 nitrogen and oxygen atoms in total. The number of carbonyl (C=O) groups excluding carboxylic acids is 1. The maximum absolute atomic E-state index is 12.1. The molecule has 22 heavy (non-hydrogen) atoms. The van der Waals surface area contributed by atoms with Crippen LogP contribution in [0.1, 0.15) is 23.7 Å². The van der Waals surface area contributed by atoms with E-state index in [1.54, 1.807) is 12.3 Å². The first-order valence-electron chi connectivity index (χ1n) is 7.70. The number of nitrogens with zero attached hydrogens (tertiary/aromatic N) is 2. The lowest BCUT2D eigenvalue weighted by molar-refractivity contribution is 0.0528. The molecule has 0 amide bonds. The highest BCUT2D eigenvalue weighted by atomic mass is 16.5. The van der Waals surface area contributed by atoms with Gasteiger partial charge in [0, 0.05) is 23.8 Å². The van der Waals surface area contributed by atoms with Crippen LogP contribution >= 0.6 is 0 Å². The number of morpholine rings is 1. The minimum atomic E-state index is -0.293. The quantitative estimate of drug-likeness (QED) is 0.814. The SMILES string of the molecule is CCOC(=O)c1ccnc2ccc(N3CC4C[C@H]3CO4)cc12. The van der Waals surface area contributed by atoms with Gasteiger partial charge in [-0.3, -0.25) is 4.98 Å². The summed E-state index contributed by atoms with van der Waals surface area (Å²) < 4.78 is 10.8. The van der Waals surface area contributed by atoms with Crippen molar-refractivity contribution < 1.29 is 14.3 Å². The van der Waals surface area contributed by atoms with Crippen molar-refractivity contribution in [2.45, 2.75) is 25.5 Å². The fourth-order valence-electron chi connectivity index (χ4n) is 3.42. The Bertz CT molecular complexity index is 731. The van der Waals surface area contributed by atoms with E-state index in [2.05, 4.69) is 22.0 Å². The molecule has 1 aromatic heterocycles. The number of fused-ring (bicyclic) bond motifs is 3. The highest BCUT2D eigenvalue weighted by Gasteiger charge is 2.39. The molecule has 1 unspecified atom stereocenters. The molecule has 0 N–H and O–H groups in total. The fraction of sp³-hybridized carbons (Fsp3) is 0.412. The lowest BCUT2D eigenvalue weighted by atomic mass is 10.1. The van der Waals surface area contributed by atoms with Gasteiger partial charge < -0.3 is 14.4 Å². The van der Waals surface area contributed by atoms with Gasteiger partial charge in [0.25, 0.3) is 0 Å². The Kier molecular flexibility index (Phi) is 3.22. The van der Waals surface area contributed by atoms with Gasteiger partial charge >= 0.3 is 5.97 Å². The third-order valence-electron chi connectivity index (χ3n) is 4.45. The highest BCUT2D eigenvalue weighted by Crippen LogP contribution is 2.34. The van der Waals surface area contributed by atoms with Crippen LogP contribution in [0.2, 0.25) is 0 Å². The van der Waals surface area contributed by atoms with Gasteiger partial charge in [0.1, 0.15) is 0 Å². The van der Waals surface area contributed by atoms with Gasteiger partial charge in [-0.2, -0.15) is 0 Å². The second kappa shape index (κ2) is 5.25. The van der Waals surface area contributed by atoms with E-state index in [9.17, 15) is 4.79 Å². The van der Waals surface area contributed by atoms with Crippen LogP contribution in [0.3, 0.4) is 0 Å². The highest BCUT2D eigenvalue weighted by molar-refractivity contribution is 6.04. The molecule has 5 heteroatoms. The van der Waals surface area contributed by atoms with Gasteiger partial charge in [0.15, 0.2) is 0 Å². The van der Waals surface area contributed by atoms with Gasteiger partial charge in [0.2, 0.25) is 0 Å². The van der Waals surface area contributed by atoms with Crippen molar-refractivity contribution in [2.75, 3.05) is 24.7 Å². The van der Waals surface area contributed by atoms with Crippen LogP contribution in [-0.4, -0.2) is 42.9 Å². The van der Waals surface area contributed by atoms with Crippen LogP contribution in [0.4, 0.5) is 5.69 Å². The molecule has 2 aromatic rings. The van der Waals surface area contributed by atoms with Crippen molar-refractivity contribution in [3.05, 3.63) is 36.0 Å². The Morgan fingerprint density at radius 3 is 3.09 bits per heavy atom. The molecule has 2 saturated heterocycles. The average Bonchev–Trinajstić information content (AvgIpc) is 3.17. The van der Waals surface area contributed by atoms with E-state index < -0.39 is 0 Å². The molecule has 0 aliphatic carbocycles.